The molecule has 0 aliphatic carbocycles. The Morgan fingerprint density at radius 1 is 1.25 bits per heavy atom. The van der Waals surface area contributed by atoms with Crippen molar-refractivity contribution in [2.75, 3.05) is 26.4 Å². The summed E-state index contributed by atoms with van der Waals surface area (Å²) < 4.78 is 15.2. The maximum Gasteiger partial charge on any atom is 0.111 e. The minimum atomic E-state index is 0.0259. The van der Waals surface area contributed by atoms with Crippen LogP contribution in [0.15, 0.2) is 12.8 Å². The van der Waals surface area contributed by atoms with Gasteiger partial charge in [-0.2, -0.15) is 0 Å². The fraction of sp³-hybridized carbons (Fsp3) is 0.667. The van der Waals surface area contributed by atoms with Crippen molar-refractivity contribution in [3.63, 3.8) is 0 Å². The van der Waals surface area contributed by atoms with Gasteiger partial charge in [0.25, 0.3) is 0 Å². The maximum absolute atomic E-state index is 5.16. The Morgan fingerprint density at radius 2 is 1.92 bits per heavy atom. The molecule has 0 spiro atoms. The van der Waals surface area contributed by atoms with Crippen molar-refractivity contribution in [1.29, 1.82) is 0 Å². The van der Waals surface area contributed by atoms with Crippen LogP contribution in [0.3, 0.4) is 0 Å². The molecule has 0 N–H and O–H groups in total. The lowest BCUT2D eigenvalue weighted by Gasteiger charge is -2.07. The summed E-state index contributed by atoms with van der Waals surface area (Å²) in [6.45, 7) is 11.2. The highest BCUT2D eigenvalue weighted by molar-refractivity contribution is 4.49. The minimum absolute atomic E-state index is 0.0259. The van der Waals surface area contributed by atoms with Crippen LogP contribution >= 0.6 is 0 Å². The molecule has 0 aromatic rings. The second-order valence-corrected chi connectivity index (χ2v) is 2.33. The van der Waals surface area contributed by atoms with Crippen molar-refractivity contribution in [2.45, 2.75) is 13.0 Å². The fourth-order valence-electron chi connectivity index (χ4n) is 0.601. The van der Waals surface area contributed by atoms with Crippen LogP contribution in [0, 0.1) is 6.92 Å². The molecule has 0 bridgehead atoms. The summed E-state index contributed by atoms with van der Waals surface area (Å²) in [5.74, 6) is 0. The average molecular weight is 173 g/mol. The van der Waals surface area contributed by atoms with Crippen molar-refractivity contribution in [2.24, 2.45) is 0 Å². The molecule has 0 saturated heterocycles. The van der Waals surface area contributed by atoms with Crippen molar-refractivity contribution in [3.8, 4) is 0 Å². The van der Waals surface area contributed by atoms with Gasteiger partial charge in [-0.1, -0.05) is 6.58 Å². The van der Waals surface area contributed by atoms with Crippen molar-refractivity contribution in [3.05, 3.63) is 19.8 Å². The lowest BCUT2D eigenvalue weighted by Crippen LogP contribution is -2.11. The maximum atomic E-state index is 5.16. The number of ether oxygens (including phenoxy) is 3. The first kappa shape index (κ1) is 11.5. The van der Waals surface area contributed by atoms with Crippen molar-refractivity contribution in [1.82, 2.24) is 0 Å². The lowest BCUT2D eigenvalue weighted by atomic mass is 10.5. The number of hydrogen-bond acceptors (Lipinski definition) is 3. The third-order valence-corrected chi connectivity index (χ3v) is 1.09. The van der Waals surface area contributed by atoms with E-state index in [-0.39, 0.29) is 6.10 Å². The molecule has 0 aliphatic rings. The third-order valence-electron chi connectivity index (χ3n) is 1.09. The van der Waals surface area contributed by atoms with E-state index in [0.717, 1.165) is 0 Å². The zero-order chi connectivity index (χ0) is 9.23. The lowest BCUT2D eigenvalue weighted by molar-refractivity contribution is 0.0161. The molecule has 0 aliphatic heterocycles. The van der Waals surface area contributed by atoms with Gasteiger partial charge in [-0.15, -0.1) is 0 Å². The standard InChI is InChI=1S/C9H17O3/c1-4-10-5-6-11-7-8-12-9(2)3/h4,9H,1-2,5-8H2,3H3. The number of rotatable bonds is 8. The van der Waals surface area contributed by atoms with E-state index in [1.165, 1.54) is 6.26 Å². The van der Waals surface area contributed by atoms with E-state index in [9.17, 15) is 0 Å². The average Bonchev–Trinajstić information content (AvgIpc) is 2.02. The van der Waals surface area contributed by atoms with Crippen LogP contribution in [0.5, 0.6) is 0 Å². The highest BCUT2D eigenvalue weighted by atomic mass is 16.5. The summed E-state index contributed by atoms with van der Waals surface area (Å²) in [5.41, 5.74) is 0. The van der Waals surface area contributed by atoms with Crippen LogP contribution in [-0.4, -0.2) is 32.5 Å². The Morgan fingerprint density at radius 3 is 2.50 bits per heavy atom. The monoisotopic (exact) mass is 173 g/mol. The molecule has 3 nitrogen and oxygen atoms in total. The summed E-state index contributed by atoms with van der Waals surface area (Å²) in [5, 5.41) is 0. The highest BCUT2D eigenvalue weighted by Gasteiger charge is 1.92. The zero-order valence-corrected chi connectivity index (χ0v) is 7.62. The summed E-state index contributed by atoms with van der Waals surface area (Å²) in [4.78, 5) is 0. The second-order valence-electron chi connectivity index (χ2n) is 2.33. The predicted molar refractivity (Wildman–Crippen MR) is 47.7 cm³/mol. The van der Waals surface area contributed by atoms with Gasteiger partial charge < -0.3 is 14.2 Å². The smallest absolute Gasteiger partial charge is 0.111 e. The molecule has 0 heterocycles. The molecular formula is C9H17O3. The van der Waals surface area contributed by atoms with Gasteiger partial charge in [-0.3, -0.25) is 0 Å². The van der Waals surface area contributed by atoms with Crippen molar-refractivity contribution >= 4 is 0 Å². The molecule has 0 saturated carbocycles. The van der Waals surface area contributed by atoms with Crippen LogP contribution in [0.2, 0.25) is 0 Å². The van der Waals surface area contributed by atoms with Crippen molar-refractivity contribution < 1.29 is 14.2 Å². The molecule has 0 fully saturated rings. The normalized spacial score (nSPS) is 10.2. The van der Waals surface area contributed by atoms with Crippen LogP contribution in [0.4, 0.5) is 0 Å². The Balaban J connectivity index is 2.86. The first-order valence-electron chi connectivity index (χ1n) is 4.02. The molecule has 1 unspecified atom stereocenters. The van der Waals surface area contributed by atoms with E-state index in [1.807, 2.05) is 6.92 Å². The topological polar surface area (TPSA) is 27.7 Å². The van der Waals surface area contributed by atoms with E-state index in [1.54, 1.807) is 0 Å². The first-order chi connectivity index (χ1) is 5.77. The zero-order valence-electron chi connectivity index (χ0n) is 7.62. The molecule has 0 rings (SSSR count). The van der Waals surface area contributed by atoms with Gasteiger partial charge in [-0.25, -0.2) is 0 Å². The van der Waals surface area contributed by atoms with E-state index >= 15 is 0 Å². The molecule has 71 valence electrons. The van der Waals surface area contributed by atoms with E-state index in [2.05, 4.69) is 13.5 Å². The van der Waals surface area contributed by atoms with Gasteiger partial charge in [0, 0.05) is 0 Å². The Hall–Kier alpha value is -0.540. The predicted octanol–water partition coefficient (Wildman–Crippen LogP) is 1.40. The SMILES string of the molecule is [CH2]C(C)OCCOCCOC=C. The van der Waals surface area contributed by atoms with Gasteiger partial charge in [0.15, 0.2) is 0 Å². The van der Waals surface area contributed by atoms with Gasteiger partial charge in [0.2, 0.25) is 0 Å². The summed E-state index contributed by atoms with van der Waals surface area (Å²) in [7, 11) is 0. The summed E-state index contributed by atoms with van der Waals surface area (Å²) in [6.07, 6.45) is 1.43. The molecule has 0 amide bonds. The second kappa shape index (κ2) is 8.56. The fourth-order valence-corrected chi connectivity index (χ4v) is 0.601. The van der Waals surface area contributed by atoms with E-state index in [0.29, 0.717) is 26.4 Å². The first-order valence-corrected chi connectivity index (χ1v) is 4.02. The molecule has 3 heteroatoms. The quantitative estimate of drug-likeness (QED) is 0.410. The molecule has 0 aromatic carbocycles. The molecule has 1 atom stereocenters. The molecule has 0 aromatic heterocycles. The van der Waals surface area contributed by atoms with Crippen LogP contribution in [0.25, 0.3) is 0 Å². The Bertz CT molecular complexity index is 102. The van der Waals surface area contributed by atoms with Crippen LogP contribution in [0.1, 0.15) is 6.92 Å². The van der Waals surface area contributed by atoms with Crippen LogP contribution in [-0.2, 0) is 14.2 Å². The Labute approximate surface area is 74.3 Å². The summed E-state index contributed by atoms with van der Waals surface area (Å²) in [6, 6.07) is 0. The summed E-state index contributed by atoms with van der Waals surface area (Å²) >= 11 is 0. The van der Waals surface area contributed by atoms with Gasteiger partial charge in [-0.05, 0) is 13.8 Å². The number of hydrogen-bond donors (Lipinski definition) is 0. The van der Waals surface area contributed by atoms with Crippen LogP contribution < -0.4 is 0 Å². The highest BCUT2D eigenvalue weighted by Crippen LogP contribution is 1.86. The van der Waals surface area contributed by atoms with E-state index < -0.39 is 0 Å². The molecular weight excluding hydrogens is 156 g/mol. The van der Waals surface area contributed by atoms with E-state index in [4.69, 9.17) is 14.2 Å². The van der Waals surface area contributed by atoms with Gasteiger partial charge >= 0.3 is 0 Å². The van der Waals surface area contributed by atoms with Gasteiger partial charge in [0.05, 0.1) is 32.2 Å². The molecule has 1 radical (unpaired) electrons. The molecule has 12 heavy (non-hydrogen) atoms. The largest absolute Gasteiger partial charge is 0.499 e. The minimum Gasteiger partial charge on any atom is -0.499 e. The van der Waals surface area contributed by atoms with Gasteiger partial charge in [0.1, 0.15) is 6.61 Å². The third kappa shape index (κ3) is 9.46. The Kier molecular flexibility index (Phi) is 8.17.